The van der Waals surface area contributed by atoms with E-state index in [1.807, 2.05) is 121 Å². The average molecular weight is 815 g/mol. The molecule has 2 atom stereocenters. The van der Waals surface area contributed by atoms with E-state index in [2.05, 4.69) is 67.6 Å². The molecule has 0 saturated heterocycles. The highest BCUT2D eigenvalue weighted by atomic mass is 16.5. The van der Waals surface area contributed by atoms with Crippen molar-refractivity contribution in [3.63, 3.8) is 0 Å². The zero-order chi connectivity index (χ0) is 41.9. The van der Waals surface area contributed by atoms with E-state index in [1.54, 1.807) is 0 Å². The Kier molecular flexibility index (Phi) is 16.0. The lowest BCUT2D eigenvalue weighted by Gasteiger charge is -2.25. The molecule has 0 aliphatic heterocycles. The van der Waals surface area contributed by atoms with Crippen LogP contribution in [0.2, 0.25) is 0 Å². The molecular weight excluding hydrogens is 761 g/mol. The lowest BCUT2D eigenvalue weighted by atomic mass is 9.94. The molecule has 0 aliphatic carbocycles. The van der Waals surface area contributed by atoms with Crippen molar-refractivity contribution in [3.8, 4) is 23.0 Å². The summed E-state index contributed by atoms with van der Waals surface area (Å²) in [5, 5.41) is 9.67. The summed E-state index contributed by atoms with van der Waals surface area (Å²) in [5.41, 5.74) is 8.25. The lowest BCUT2D eigenvalue weighted by Crippen LogP contribution is -2.27. The molecule has 0 heterocycles. The third-order valence-electron chi connectivity index (χ3n) is 10.4. The van der Waals surface area contributed by atoms with Gasteiger partial charge in [0, 0.05) is 18.1 Å². The molecular formula is C54H54O7. The fourth-order valence-electron chi connectivity index (χ4n) is 6.86. The first-order valence-corrected chi connectivity index (χ1v) is 20.9. The van der Waals surface area contributed by atoms with Crippen molar-refractivity contribution >= 4 is 0 Å². The minimum absolute atomic E-state index is 0.00267. The molecule has 7 nitrogen and oxygen atoms in total. The van der Waals surface area contributed by atoms with E-state index in [4.69, 9.17) is 28.4 Å². The molecule has 7 rings (SSSR count). The summed E-state index contributed by atoms with van der Waals surface area (Å²) < 4.78 is 38.3. The highest BCUT2D eigenvalue weighted by Gasteiger charge is 2.20. The fraction of sp³-hybridized carbons (Fsp3) is 0.222. The van der Waals surface area contributed by atoms with Crippen molar-refractivity contribution in [1.82, 2.24) is 0 Å². The van der Waals surface area contributed by atoms with Gasteiger partial charge >= 0.3 is 0 Å². The second-order valence-electron chi connectivity index (χ2n) is 15.2. The van der Waals surface area contributed by atoms with Crippen LogP contribution in [-0.4, -0.2) is 17.8 Å². The number of hydrogen-bond acceptors (Lipinski definition) is 7. The number of hydrogen-bond donors (Lipinski definition) is 1. The van der Waals surface area contributed by atoms with E-state index in [0.29, 0.717) is 69.2 Å². The maximum absolute atomic E-state index is 9.67. The third kappa shape index (κ3) is 14.1. The Hall–Kier alpha value is -6.38. The predicted molar refractivity (Wildman–Crippen MR) is 239 cm³/mol. The quantitative estimate of drug-likeness (QED) is 0.0689. The van der Waals surface area contributed by atoms with Gasteiger partial charge in [-0.1, -0.05) is 146 Å². The zero-order valence-electron chi connectivity index (χ0n) is 34.7. The molecule has 7 aromatic rings. The van der Waals surface area contributed by atoms with E-state index in [0.717, 1.165) is 50.9 Å². The SMILES string of the molecule is C[C@@H](OCc1cc(OCc2ccccc2)cc(OCc2ccccc2)c1)[C@H](COCc1cc(OCc2ccccc2)cc(OCc2ccccc2)c1)Cc1ccc(CO)cc1. The molecule has 0 amide bonds. The molecule has 7 heteroatoms. The highest BCUT2D eigenvalue weighted by molar-refractivity contribution is 5.40. The van der Waals surface area contributed by atoms with Crippen LogP contribution in [0.4, 0.5) is 0 Å². The maximum Gasteiger partial charge on any atom is 0.123 e. The van der Waals surface area contributed by atoms with Gasteiger partial charge in [-0.15, -0.1) is 0 Å². The fourth-order valence-corrected chi connectivity index (χ4v) is 6.86. The molecule has 7 aromatic carbocycles. The number of aliphatic hydroxyl groups is 1. The Morgan fingerprint density at radius 1 is 0.377 bits per heavy atom. The first-order valence-electron chi connectivity index (χ1n) is 20.9. The Balaban J connectivity index is 1.04. The average Bonchev–Trinajstić information content (AvgIpc) is 3.32. The molecule has 0 unspecified atom stereocenters. The highest BCUT2D eigenvalue weighted by Crippen LogP contribution is 2.28. The van der Waals surface area contributed by atoms with Crippen LogP contribution in [-0.2, 0) is 62.1 Å². The second kappa shape index (κ2) is 22.8. The zero-order valence-corrected chi connectivity index (χ0v) is 34.7. The van der Waals surface area contributed by atoms with Crippen molar-refractivity contribution in [2.75, 3.05) is 6.61 Å². The first kappa shape index (κ1) is 42.7. The van der Waals surface area contributed by atoms with Crippen LogP contribution in [0.15, 0.2) is 182 Å². The predicted octanol–water partition coefficient (Wildman–Crippen LogP) is 11.5. The Labute approximate surface area is 360 Å². The number of ether oxygens (including phenoxy) is 6. The summed E-state index contributed by atoms with van der Waals surface area (Å²) in [6.07, 6.45) is 0.551. The van der Waals surface area contributed by atoms with Crippen LogP contribution < -0.4 is 18.9 Å². The van der Waals surface area contributed by atoms with Crippen LogP contribution in [0.3, 0.4) is 0 Å². The number of benzene rings is 7. The number of aliphatic hydroxyl groups excluding tert-OH is 1. The minimum atomic E-state index is -0.176. The van der Waals surface area contributed by atoms with Crippen molar-refractivity contribution in [2.24, 2.45) is 5.92 Å². The van der Waals surface area contributed by atoms with Gasteiger partial charge < -0.3 is 33.5 Å². The van der Waals surface area contributed by atoms with Crippen LogP contribution in [0, 0.1) is 5.92 Å². The molecule has 61 heavy (non-hydrogen) atoms. The Morgan fingerprint density at radius 2 is 0.738 bits per heavy atom. The van der Waals surface area contributed by atoms with Crippen molar-refractivity contribution in [2.45, 2.75) is 65.7 Å². The molecule has 0 radical (unpaired) electrons. The third-order valence-corrected chi connectivity index (χ3v) is 10.4. The summed E-state index contributed by atoms with van der Waals surface area (Å²) in [5.74, 6) is 2.87. The summed E-state index contributed by atoms with van der Waals surface area (Å²) in [6.45, 7) is 5.04. The van der Waals surface area contributed by atoms with Crippen LogP contribution in [0.5, 0.6) is 23.0 Å². The van der Waals surface area contributed by atoms with Crippen molar-refractivity contribution < 1.29 is 33.5 Å². The van der Waals surface area contributed by atoms with E-state index in [1.165, 1.54) is 0 Å². The standard InChI is InChI=1S/C54H54O7/c1-41(57-39-49-29-53(60-37-46-18-10-4-11-19-46)32-54(30-49)61-38-47-20-12-5-13-21-47)50(26-42-22-24-43(33-55)25-23-42)40-56-34-48-27-51(58-35-44-14-6-2-7-15-44)31-52(28-48)59-36-45-16-8-3-9-17-45/h2-25,27-32,41,50,55H,26,33-40H2,1H3/t41-,50+/m1/s1. The van der Waals surface area contributed by atoms with Gasteiger partial charge in [-0.2, -0.15) is 0 Å². The molecule has 0 saturated carbocycles. The van der Waals surface area contributed by atoms with E-state index in [9.17, 15) is 5.11 Å². The Bertz CT molecular complexity index is 2190. The van der Waals surface area contributed by atoms with Crippen LogP contribution in [0.25, 0.3) is 0 Å². The van der Waals surface area contributed by atoms with E-state index >= 15 is 0 Å². The first-order chi connectivity index (χ1) is 30.0. The summed E-state index contributed by atoms with van der Waals surface area (Å²) in [7, 11) is 0. The molecule has 1 N–H and O–H groups in total. The van der Waals surface area contributed by atoms with Gasteiger partial charge in [-0.25, -0.2) is 0 Å². The Morgan fingerprint density at radius 3 is 1.11 bits per heavy atom. The number of rotatable bonds is 23. The van der Waals surface area contributed by atoms with Gasteiger partial charge in [-0.05, 0) is 82.1 Å². The van der Waals surface area contributed by atoms with E-state index < -0.39 is 0 Å². The summed E-state index contributed by atoms with van der Waals surface area (Å²) >= 11 is 0. The van der Waals surface area contributed by atoms with Crippen LogP contribution in [0.1, 0.15) is 51.4 Å². The van der Waals surface area contributed by atoms with Crippen LogP contribution >= 0.6 is 0 Å². The smallest absolute Gasteiger partial charge is 0.123 e. The normalized spacial score (nSPS) is 12.0. The van der Waals surface area contributed by atoms with Gasteiger partial charge in [0.05, 0.1) is 32.5 Å². The van der Waals surface area contributed by atoms with Gasteiger partial charge in [0.25, 0.3) is 0 Å². The van der Waals surface area contributed by atoms with Gasteiger partial charge in [0.15, 0.2) is 0 Å². The molecule has 0 aliphatic rings. The monoisotopic (exact) mass is 814 g/mol. The van der Waals surface area contributed by atoms with Gasteiger partial charge in [0.1, 0.15) is 49.4 Å². The molecule has 0 spiro atoms. The maximum atomic E-state index is 9.67. The van der Waals surface area contributed by atoms with Crippen molar-refractivity contribution in [1.29, 1.82) is 0 Å². The van der Waals surface area contributed by atoms with Crippen molar-refractivity contribution in [3.05, 3.63) is 226 Å². The van der Waals surface area contributed by atoms with Gasteiger partial charge in [-0.3, -0.25) is 0 Å². The van der Waals surface area contributed by atoms with Gasteiger partial charge in [0.2, 0.25) is 0 Å². The molecule has 0 fully saturated rings. The molecule has 0 aromatic heterocycles. The summed E-state index contributed by atoms with van der Waals surface area (Å²) in [6, 6.07) is 60.5. The van der Waals surface area contributed by atoms with E-state index in [-0.39, 0.29) is 18.6 Å². The minimum Gasteiger partial charge on any atom is -0.489 e. The topological polar surface area (TPSA) is 75.6 Å². The lowest BCUT2D eigenvalue weighted by molar-refractivity contribution is -0.0245. The second-order valence-corrected chi connectivity index (χ2v) is 15.2. The molecule has 312 valence electrons. The summed E-state index contributed by atoms with van der Waals surface area (Å²) in [4.78, 5) is 0. The molecule has 0 bridgehead atoms. The largest absolute Gasteiger partial charge is 0.489 e.